The summed E-state index contributed by atoms with van der Waals surface area (Å²) in [6, 6.07) is 10.6. The van der Waals surface area contributed by atoms with E-state index in [1.165, 1.54) is 0 Å². The number of carbonyl (C=O) groups is 2. The summed E-state index contributed by atoms with van der Waals surface area (Å²) in [5.74, 6) is 0.752. The number of anilines is 1. The third-order valence-corrected chi connectivity index (χ3v) is 3.12. The SMILES string of the molecule is Cc1cc(NC(=O)CN(CC(C)C)C(=O)c2ccccc2)no1. The van der Waals surface area contributed by atoms with Gasteiger partial charge in [0.05, 0.1) is 0 Å². The van der Waals surface area contributed by atoms with Crippen LogP contribution in [0.2, 0.25) is 0 Å². The van der Waals surface area contributed by atoms with Crippen molar-refractivity contribution in [2.24, 2.45) is 5.92 Å². The predicted octanol–water partition coefficient (Wildman–Crippen LogP) is 2.72. The van der Waals surface area contributed by atoms with Gasteiger partial charge in [0, 0.05) is 18.2 Å². The Morgan fingerprint density at radius 1 is 1.26 bits per heavy atom. The highest BCUT2D eigenvalue weighted by Gasteiger charge is 2.20. The minimum Gasteiger partial charge on any atom is -0.360 e. The second kappa shape index (κ2) is 7.58. The summed E-state index contributed by atoms with van der Waals surface area (Å²) in [6.07, 6.45) is 0. The summed E-state index contributed by atoms with van der Waals surface area (Å²) in [4.78, 5) is 26.3. The van der Waals surface area contributed by atoms with E-state index in [0.29, 0.717) is 23.7 Å². The molecule has 1 aromatic carbocycles. The molecule has 1 heterocycles. The molecule has 122 valence electrons. The van der Waals surface area contributed by atoms with Crippen molar-refractivity contribution >= 4 is 17.6 Å². The molecule has 0 unspecified atom stereocenters. The molecule has 0 radical (unpaired) electrons. The zero-order valence-electron chi connectivity index (χ0n) is 13.6. The van der Waals surface area contributed by atoms with Crippen molar-refractivity contribution in [1.29, 1.82) is 0 Å². The molecule has 1 N–H and O–H groups in total. The van der Waals surface area contributed by atoms with Gasteiger partial charge in [-0.15, -0.1) is 0 Å². The van der Waals surface area contributed by atoms with Gasteiger partial charge >= 0.3 is 0 Å². The van der Waals surface area contributed by atoms with Gasteiger partial charge < -0.3 is 14.7 Å². The van der Waals surface area contributed by atoms with Crippen LogP contribution < -0.4 is 5.32 Å². The topological polar surface area (TPSA) is 75.4 Å². The summed E-state index contributed by atoms with van der Waals surface area (Å²) in [5, 5.41) is 6.35. The van der Waals surface area contributed by atoms with Gasteiger partial charge in [-0.1, -0.05) is 37.2 Å². The molecule has 23 heavy (non-hydrogen) atoms. The van der Waals surface area contributed by atoms with Crippen LogP contribution in [0.1, 0.15) is 30.0 Å². The number of hydrogen-bond acceptors (Lipinski definition) is 4. The van der Waals surface area contributed by atoms with Crippen LogP contribution in [0.5, 0.6) is 0 Å². The van der Waals surface area contributed by atoms with Crippen LogP contribution in [0.25, 0.3) is 0 Å². The zero-order valence-corrected chi connectivity index (χ0v) is 13.6. The first kappa shape index (κ1) is 16.7. The van der Waals surface area contributed by atoms with Crippen molar-refractivity contribution in [3.05, 3.63) is 47.7 Å². The number of aromatic nitrogens is 1. The first-order valence-electron chi connectivity index (χ1n) is 7.53. The number of amides is 2. The number of rotatable bonds is 6. The second-order valence-corrected chi connectivity index (χ2v) is 5.82. The maximum Gasteiger partial charge on any atom is 0.254 e. The number of hydrogen-bond donors (Lipinski definition) is 1. The fraction of sp³-hybridized carbons (Fsp3) is 0.353. The Morgan fingerprint density at radius 3 is 2.52 bits per heavy atom. The van der Waals surface area contributed by atoms with Crippen molar-refractivity contribution < 1.29 is 14.1 Å². The number of nitrogens with zero attached hydrogens (tertiary/aromatic N) is 2. The van der Waals surface area contributed by atoms with Crippen molar-refractivity contribution in [2.45, 2.75) is 20.8 Å². The van der Waals surface area contributed by atoms with E-state index in [4.69, 9.17) is 4.52 Å². The monoisotopic (exact) mass is 315 g/mol. The molecule has 0 fully saturated rings. The van der Waals surface area contributed by atoms with E-state index in [2.05, 4.69) is 10.5 Å². The van der Waals surface area contributed by atoms with Crippen LogP contribution >= 0.6 is 0 Å². The molecular weight excluding hydrogens is 294 g/mol. The van der Waals surface area contributed by atoms with E-state index >= 15 is 0 Å². The molecule has 0 spiro atoms. The van der Waals surface area contributed by atoms with Gasteiger partial charge in [-0.2, -0.15) is 0 Å². The van der Waals surface area contributed by atoms with Crippen LogP contribution in [0.15, 0.2) is 40.9 Å². The summed E-state index contributed by atoms with van der Waals surface area (Å²) in [7, 11) is 0. The molecule has 0 aliphatic carbocycles. The van der Waals surface area contributed by atoms with E-state index in [-0.39, 0.29) is 24.3 Å². The molecule has 6 heteroatoms. The molecule has 0 aliphatic heterocycles. The second-order valence-electron chi connectivity index (χ2n) is 5.82. The Bertz CT molecular complexity index is 665. The molecule has 2 aromatic rings. The Hall–Kier alpha value is -2.63. The van der Waals surface area contributed by atoms with E-state index in [9.17, 15) is 9.59 Å². The van der Waals surface area contributed by atoms with Gasteiger partial charge in [0.1, 0.15) is 12.3 Å². The smallest absolute Gasteiger partial charge is 0.254 e. The highest BCUT2D eigenvalue weighted by Crippen LogP contribution is 2.10. The van der Waals surface area contributed by atoms with Crippen molar-refractivity contribution in [2.75, 3.05) is 18.4 Å². The first-order valence-corrected chi connectivity index (χ1v) is 7.53. The first-order chi connectivity index (χ1) is 11.0. The van der Waals surface area contributed by atoms with E-state index in [1.54, 1.807) is 42.2 Å². The fourth-order valence-electron chi connectivity index (χ4n) is 2.20. The average molecular weight is 315 g/mol. The molecule has 0 atom stereocenters. The Morgan fingerprint density at radius 2 is 1.96 bits per heavy atom. The van der Waals surface area contributed by atoms with Crippen LogP contribution in [-0.2, 0) is 4.79 Å². The fourth-order valence-corrected chi connectivity index (χ4v) is 2.20. The Balaban J connectivity index is 2.06. The average Bonchev–Trinajstić information content (AvgIpc) is 2.91. The molecule has 0 saturated carbocycles. The van der Waals surface area contributed by atoms with Gasteiger partial charge in [-0.25, -0.2) is 0 Å². The van der Waals surface area contributed by atoms with Crippen LogP contribution in [0, 0.1) is 12.8 Å². The molecule has 6 nitrogen and oxygen atoms in total. The molecule has 0 aliphatic rings. The highest BCUT2D eigenvalue weighted by molar-refractivity contribution is 5.99. The number of nitrogens with one attached hydrogen (secondary N) is 1. The van der Waals surface area contributed by atoms with E-state index in [1.807, 2.05) is 19.9 Å². The van der Waals surface area contributed by atoms with Crippen LogP contribution in [-0.4, -0.2) is 35.0 Å². The van der Waals surface area contributed by atoms with Gasteiger partial charge in [0.2, 0.25) is 5.91 Å². The Kier molecular flexibility index (Phi) is 5.51. The van der Waals surface area contributed by atoms with Crippen LogP contribution in [0.4, 0.5) is 5.82 Å². The lowest BCUT2D eigenvalue weighted by molar-refractivity contribution is -0.117. The molecule has 0 bridgehead atoms. The standard InChI is InChI=1S/C17H21N3O3/c1-12(2)10-20(17(22)14-7-5-4-6-8-14)11-16(21)18-15-9-13(3)23-19-15/h4-9,12H,10-11H2,1-3H3,(H,18,19,21). The predicted molar refractivity (Wildman–Crippen MR) is 87.1 cm³/mol. The largest absolute Gasteiger partial charge is 0.360 e. The molecule has 2 rings (SSSR count). The summed E-state index contributed by atoms with van der Waals surface area (Å²) in [5.41, 5.74) is 0.568. The van der Waals surface area contributed by atoms with E-state index < -0.39 is 0 Å². The molecule has 0 saturated heterocycles. The maximum absolute atomic E-state index is 12.6. The molecule has 2 amide bonds. The van der Waals surface area contributed by atoms with Crippen LogP contribution in [0.3, 0.4) is 0 Å². The van der Waals surface area contributed by atoms with Crippen molar-refractivity contribution in [1.82, 2.24) is 10.1 Å². The minimum atomic E-state index is -0.303. The molecule has 1 aromatic heterocycles. The van der Waals surface area contributed by atoms with Gasteiger partial charge in [-0.05, 0) is 25.0 Å². The van der Waals surface area contributed by atoms with Gasteiger partial charge in [0.25, 0.3) is 5.91 Å². The third-order valence-electron chi connectivity index (χ3n) is 3.12. The van der Waals surface area contributed by atoms with Gasteiger partial charge in [0.15, 0.2) is 5.82 Å². The summed E-state index contributed by atoms with van der Waals surface area (Å²) >= 11 is 0. The minimum absolute atomic E-state index is 0.0299. The lowest BCUT2D eigenvalue weighted by Gasteiger charge is -2.24. The third kappa shape index (κ3) is 4.95. The summed E-state index contributed by atoms with van der Waals surface area (Å²) < 4.78 is 4.91. The summed E-state index contributed by atoms with van der Waals surface area (Å²) in [6.45, 7) is 6.22. The van der Waals surface area contributed by atoms with Gasteiger partial charge in [-0.3, -0.25) is 9.59 Å². The highest BCUT2D eigenvalue weighted by atomic mass is 16.5. The Labute approximate surface area is 135 Å². The molecular formula is C17H21N3O3. The van der Waals surface area contributed by atoms with Crippen molar-refractivity contribution in [3.8, 4) is 0 Å². The lowest BCUT2D eigenvalue weighted by atomic mass is 10.1. The number of carbonyl (C=O) groups excluding carboxylic acids is 2. The van der Waals surface area contributed by atoms with E-state index in [0.717, 1.165) is 0 Å². The van der Waals surface area contributed by atoms with Crippen molar-refractivity contribution in [3.63, 3.8) is 0 Å². The number of aryl methyl sites for hydroxylation is 1. The normalized spacial score (nSPS) is 10.6. The zero-order chi connectivity index (χ0) is 16.8. The maximum atomic E-state index is 12.6. The quantitative estimate of drug-likeness (QED) is 0.889. The number of benzene rings is 1. The lowest BCUT2D eigenvalue weighted by Crippen LogP contribution is -2.40.